The third-order valence-corrected chi connectivity index (χ3v) is 6.26. The number of rotatable bonds is 5. The van der Waals surface area contributed by atoms with E-state index in [9.17, 15) is 4.79 Å². The average Bonchev–Trinajstić information content (AvgIpc) is 2.75. The number of nitrogens with two attached hydrogens (primary N) is 1. The number of pyridine rings is 2. The van der Waals surface area contributed by atoms with Gasteiger partial charge in [0.05, 0.1) is 5.69 Å². The number of primary amides is 1. The Morgan fingerprint density at radius 1 is 1.21 bits per heavy atom. The number of carbonyl (C=O) groups is 1. The Kier molecular flexibility index (Phi) is 6.09. The second kappa shape index (κ2) is 8.91. The smallest absolute Gasteiger partial charge is 0.249 e. The number of piperazine rings is 1. The topological polar surface area (TPSA) is 84.1 Å². The lowest BCUT2D eigenvalue weighted by atomic mass is 9.86. The van der Waals surface area contributed by atoms with E-state index < -0.39 is 5.91 Å². The number of nitrogens with zero attached hydrogens (tertiary/aromatic N) is 3. The van der Waals surface area contributed by atoms with Crippen LogP contribution in [0.2, 0.25) is 0 Å². The molecule has 2 fully saturated rings. The summed E-state index contributed by atoms with van der Waals surface area (Å²) in [7, 11) is 0. The highest BCUT2D eigenvalue weighted by molar-refractivity contribution is 5.96. The average molecular weight is 394 g/mol. The van der Waals surface area contributed by atoms with Crippen LogP contribution in [0.15, 0.2) is 24.4 Å². The maximum absolute atomic E-state index is 12.1. The SMILES string of the molecule is Cc1c(C(N)=O)cc(-c2ccnc(CC3CCCCC3)c2)nc1N1CCNCC1. The molecular weight excluding hydrogens is 362 g/mol. The lowest BCUT2D eigenvalue weighted by Gasteiger charge is -2.30. The molecule has 1 amide bonds. The molecule has 1 saturated carbocycles. The Labute approximate surface area is 172 Å². The molecule has 2 aliphatic rings. The van der Waals surface area contributed by atoms with Gasteiger partial charge in [-0.05, 0) is 37.5 Å². The molecule has 3 N–H and O–H groups in total. The molecule has 0 atom stereocenters. The molecule has 4 rings (SSSR count). The Balaban J connectivity index is 1.67. The van der Waals surface area contributed by atoms with Gasteiger partial charge in [-0.2, -0.15) is 0 Å². The zero-order chi connectivity index (χ0) is 20.2. The first-order valence-corrected chi connectivity index (χ1v) is 10.8. The summed E-state index contributed by atoms with van der Waals surface area (Å²) in [5.74, 6) is 1.19. The fraction of sp³-hybridized carbons (Fsp3) is 0.522. The summed E-state index contributed by atoms with van der Waals surface area (Å²) in [6.45, 7) is 5.52. The molecule has 1 aliphatic carbocycles. The van der Waals surface area contributed by atoms with Crippen LogP contribution in [0.3, 0.4) is 0 Å². The number of nitrogens with one attached hydrogen (secondary N) is 1. The predicted octanol–water partition coefficient (Wildman–Crippen LogP) is 3.08. The molecule has 6 nitrogen and oxygen atoms in total. The quantitative estimate of drug-likeness (QED) is 0.815. The van der Waals surface area contributed by atoms with E-state index in [2.05, 4.69) is 21.3 Å². The molecule has 2 aromatic rings. The molecule has 0 radical (unpaired) electrons. The number of amides is 1. The standard InChI is InChI=1S/C23H31N5O/c1-16-20(22(24)29)15-21(27-23(16)28-11-9-25-10-12-28)18-7-8-26-19(14-18)13-17-5-3-2-4-6-17/h7-8,14-15,17,25H,2-6,9-13H2,1H3,(H2,24,29). The summed E-state index contributed by atoms with van der Waals surface area (Å²) >= 11 is 0. The lowest BCUT2D eigenvalue weighted by Crippen LogP contribution is -2.44. The van der Waals surface area contributed by atoms with Crippen molar-refractivity contribution in [1.29, 1.82) is 0 Å². The van der Waals surface area contributed by atoms with Gasteiger partial charge >= 0.3 is 0 Å². The van der Waals surface area contributed by atoms with Gasteiger partial charge in [-0.25, -0.2) is 4.98 Å². The normalized spacial score (nSPS) is 18.0. The van der Waals surface area contributed by atoms with E-state index in [-0.39, 0.29) is 0 Å². The molecule has 6 heteroatoms. The Hall–Kier alpha value is -2.47. The lowest BCUT2D eigenvalue weighted by molar-refractivity contribution is 0.0999. The van der Waals surface area contributed by atoms with E-state index in [1.807, 2.05) is 25.3 Å². The van der Waals surface area contributed by atoms with Crippen LogP contribution in [0.1, 0.15) is 53.7 Å². The van der Waals surface area contributed by atoms with E-state index in [0.717, 1.165) is 66.9 Å². The summed E-state index contributed by atoms with van der Waals surface area (Å²) in [6.07, 6.45) is 9.51. The third kappa shape index (κ3) is 4.58. The first-order chi connectivity index (χ1) is 14.1. The highest BCUT2D eigenvalue weighted by Crippen LogP contribution is 2.30. The van der Waals surface area contributed by atoms with Crippen LogP contribution < -0.4 is 16.0 Å². The van der Waals surface area contributed by atoms with Gasteiger partial charge in [-0.1, -0.05) is 32.1 Å². The summed E-state index contributed by atoms with van der Waals surface area (Å²) in [5, 5.41) is 3.36. The minimum Gasteiger partial charge on any atom is -0.366 e. The van der Waals surface area contributed by atoms with Crippen LogP contribution in [0.5, 0.6) is 0 Å². The monoisotopic (exact) mass is 393 g/mol. The van der Waals surface area contributed by atoms with Crippen LogP contribution in [-0.2, 0) is 6.42 Å². The van der Waals surface area contributed by atoms with Crippen molar-refractivity contribution in [3.05, 3.63) is 41.2 Å². The van der Waals surface area contributed by atoms with Crippen molar-refractivity contribution < 1.29 is 4.79 Å². The zero-order valence-electron chi connectivity index (χ0n) is 17.3. The van der Waals surface area contributed by atoms with Crippen molar-refractivity contribution in [1.82, 2.24) is 15.3 Å². The summed E-state index contributed by atoms with van der Waals surface area (Å²) in [5.41, 5.74) is 10.0. The Bertz CT molecular complexity index is 870. The van der Waals surface area contributed by atoms with E-state index in [1.54, 1.807) is 0 Å². The van der Waals surface area contributed by atoms with Crippen molar-refractivity contribution in [3.8, 4) is 11.3 Å². The van der Waals surface area contributed by atoms with Gasteiger partial charge in [0.1, 0.15) is 5.82 Å². The van der Waals surface area contributed by atoms with Crippen molar-refractivity contribution in [2.75, 3.05) is 31.1 Å². The molecule has 29 heavy (non-hydrogen) atoms. The molecule has 154 valence electrons. The maximum Gasteiger partial charge on any atom is 0.249 e. The van der Waals surface area contributed by atoms with Crippen LogP contribution in [0, 0.1) is 12.8 Å². The van der Waals surface area contributed by atoms with Crippen LogP contribution in [0.25, 0.3) is 11.3 Å². The van der Waals surface area contributed by atoms with Gasteiger partial charge in [0.15, 0.2) is 0 Å². The summed E-state index contributed by atoms with van der Waals surface area (Å²) in [6, 6.07) is 5.95. The first kappa shape index (κ1) is 19.8. The van der Waals surface area contributed by atoms with E-state index >= 15 is 0 Å². The highest BCUT2D eigenvalue weighted by atomic mass is 16.1. The van der Waals surface area contributed by atoms with Crippen molar-refractivity contribution >= 4 is 11.7 Å². The minimum absolute atomic E-state index is 0.404. The predicted molar refractivity (Wildman–Crippen MR) is 116 cm³/mol. The summed E-state index contributed by atoms with van der Waals surface area (Å²) in [4.78, 5) is 23.9. The zero-order valence-corrected chi connectivity index (χ0v) is 17.3. The second-order valence-electron chi connectivity index (χ2n) is 8.35. The molecule has 0 aromatic carbocycles. The molecule has 2 aromatic heterocycles. The summed E-state index contributed by atoms with van der Waals surface area (Å²) < 4.78 is 0. The maximum atomic E-state index is 12.1. The second-order valence-corrected chi connectivity index (χ2v) is 8.35. The largest absolute Gasteiger partial charge is 0.366 e. The van der Waals surface area contributed by atoms with Crippen molar-refractivity contribution in [2.45, 2.75) is 45.4 Å². The first-order valence-electron chi connectivity index (χ1n) is 10.8. The Morgan fingerprint density at radius 3 is 2.69 bits per heavy atom. The highest BCUT2D eigenvalue weighted by Gasteiger charge is 2.21. The molecule has 0 unspecified atom stereocenters. The van der Waals surface area contributed by atoms with Crippen LogP contribution >= 0.6 is 0 Å². The van der Waals surface area contributed by atoms with E-state index in [4.69, 9.17) is 10.7 Å². The molecule has 3 heterocycles. The van der Waals surface area contributed by atoms with Gasteiger partial charge in [0, 0.05) is 54.8 Å². The van der Waals surface area contributed by atoms with Crippen LogP contribution in [0.4, 0.5) is 5.82 Å². The van der Waals surface area contributed by atoms with Crippen molar-refractivity contribution in [2.24, 2.45) is 11.7 Å². The molecular formula is C23H31N5O. The van der Waals surface area contributed by atoms with E-state index in [1.165, 1.54) is 32.1 Å². The number of carbonyl (C=O) groups excluding carboxylic acids is 1. The molecule has 1 saturated heterocycles. The molecule has 0 bridgehead atoms. The Morgan fingerprint density at radius 2 is 1.97 bits per heavy atom. The van der Waals surface area contributed by atoms with Gasteiger partial charge < -0.3 is 16.0 Å². The van der Waals surface area contributed by atoms with Gasteiger partial charge in [0.25, 0.3) is 0 Å². The number of hydrogen-bond donors (Lipinski definition) is 2. The van der Waals surface area contributed by atoms with E-state index in [0.29, 0.717) is 5.56 Å². The third-order valence-electron chi connectivity index (χ3n) is 6.26. The van der Waals surface area contributed by atoms with Crippen molar-refractivity contribution in [3.63, 3.8) is 0 Å². The number of anilines is 1. The fourth-order valence-electron chi connectivity index (χ4n) is 4.62. The number of hydrogen-bond acceptors (Lipinski definition) is 5. The molecule has 1 aliphatic heterocycles. The van der Waals surface area contributed by atoms with Gasteiger partial charge in [0.2, 0.25) is 5.91 Å². The fourth-order valence-corrected chi connectivity index (χ4v) is 4.62. The molecule has 0 spiro atoms. The minimum atomic E-state index is -0.404. The number of aromatic nitrogens is 2. The van der Waals surface area contributed by atoms with Gasteiger partial charge in [-0.15, -0.1) is 0 Å². The van der Waals surface area contributed by atoms with Gasteiger partial charge in [-0.3, -0.25) is 9.78 Å². The van der Waals surface area contributed by atoms with Crippen LogP contribution in [-0.4, -0.2) is 42.1 Å².